The standard InChI is InChI=1S/C9H9ClN2/c1-6-3-11-4-7-8(10)5-12(2)9(6)7/h3-5H,1-2H3. The molecule has 0 bridgehead atoms. The van der Waals surface area contributed by atoms with Crippen LogP contribution in [0.5, 0.6) is 0 Å². The predicted octanol–water partition coefficient (Wildman–Crippen LogP) is 2.54. The summed E-state index contributed by atoms with van der Waals surface area (Å²) in [5.74, 6) is 0. The van der Waals surface area contributed by atoms with E-state index in [1.165, 1.54) is 0 Å². The third-order valence-corrected chi connectivity index (χ3v) is 2.32. The Morgan fingerprint density at radius 2 is 2.17 bits per heavy atom. The largest absolute Gasteiger partial charge is 0.349 e. The molecule has 0 fully saturated rings. The van der Waals surface area contributed by atoms with E-state index in [0.717, 1.165) is 21.5 Å². The van der Waals surface area contributed by atoms with Crippen molar-refractivity contribution in [1.82, 2.24) is 9.55 Å². The van der Waals surface area contributed by atoms with E-state index in [0.29, 0.717) is 0 Å². The second-order valence-corrected chi connectivity index (χ2v) is 3.35. The van der Waals surface area contributed by atoms with Crippen LogP contribution in [0.4, 0.5) is 0 Å². The van der Waals surface area contributed by atoms with Gasteiger partial charge in [-0.3, -0.25) is 4.98 Å². The maximum absolute atomic E-state index is 5.99. The van der Waals surface area contributed by atoms with Gasteiger partial charge in [-0.1, -0.05) is 11.6 Å². The van der Waals surface area contributed by atoms with Crippen molar-refractivity contribution in [3.05, 3.63) is 29.2 Å². The zero-order chi connectivity index (χ0) is 8.72. The molecule has 2 rings (SSSR count). The van der Waals surface area contributed by atoms with E-state index in [1.54, 1.807) is 6.20 Å². The Bertz CT molecular complexity index is 431. The third-order valence-electron chi connectivity index (χ3n) is 2.02. The number of nitrogens with zero attached hydrogens (tertiary/aromatic N) is 2. The molecule has 0 atom stereocenters. The van der Waals surface area contributed by atoms with Gasteiger partial charge in [0.25, 0.3) is 0 Å². The number of pyridine rings is 1. The molecule has 0 spiro atoms. The molecule has 12 heavy (non-hydrogen) atoms. The molecule has 2 aromatic heterocycles. The third kappa shape index (κ3) is 0.916. The van der Waals surface area contributed by atoms with E-state index in [2.05, 4.69) is 4.98 Å². The molecule has 3 heteroatoms. The van der Waals surface area contributed by atoms with Crippen molar-refractivity contribution in [3.8, 4) is 0 Å². The molecule has 0 saturated carbocycles. The summed E-state index contributed by atoms with van der Waals surface area (Å²) in [6, 6.07) is 0. The van der Waals surface area contributed by atoms with Gasteiger partial charge in [0.1, 0.15) is 0 Å². The second-order valence-electron chi connectivity index (χ2n) is 2.94. The number of aromatic nitrogens is 2. The average Bonchev–Trinajstić information content (AvgIpc) is 2.29. The predicted molar refractivity (Wildman–Crippen MR) is 50.5 cm³/mol. The lowest BCUT2D eigenvalue weighted by Gasteiger charge is -1.98. The van der Waals surface area contributed by atoms with Crippen LogP contribution in [-0.4, -0.2) is 9.55 Å². The minimum Gasteiger partial charge on any atom is -0.349 e. The SMILES string of the molecule is Cc1cncc2c(Cl)cn(C)c12. The summed E-state index contributed by atoms with van der Waals surface area (Å²) in [6.07, 6.45) is 5.55. The van der Waals surface area contributed by atoms with Gasteiger partial charge in [0.2, 0.25) is 0 Å². The zero-order valence-corrected chi connectivity index (χ0v) is 7.76. The number of hydrogen-bond donors (Lipinski definition) is 0. The lowest BCUT2D eigenvalue weighted by molar-refractivity contribution is 0.962. The number of halogens is 1. The van der Waals surface area contributed by atoms with E-state index in [9.17, 15) is 0 Å². The molecule has 0 radical (unpaired) electrons. The van der Waals surface area contributed by atoms with Crippen molar-refractivity contribution in [2.75, 3.05) is 0 Å². The van der Waals surface area contributed by atoms with E-state index in [4.69, 9.17) is 11.6 Å². The van der Waals surface area contributed by atoms with Crippen molar-refractivity contribution in [2.24, 2.45) is 7.05 Å². The first-order valence-electron chi connectivity index (χ1n) is 3.75. The molecule has 0 aliphatic rings. The van der Waals surface area contributed by atoms with Crippen LogP contribution in [0.2, 0.25) is 5.02 Å². The summed E-state index contributed by atoms with van der Waals surface area (Å²) in [4.78, 5) is 4.09. The molecule has 2 heterocycles. The van der Waals surface area contributed by atoms with Crippen LogP contribution in [-0.2, 0) is 7.05 Å². The van der Waals surface area contributed by atoms with Gasteiger partial charge in [-0.25, -0.2) is 0 Å². The summed E-state index contributed by atoms with van der Waals surface area (Å²) >= 11 is 5.99. The van der Waals surface area contributed by atoms with Crippen LogP contribution < -0.4 is 0 Å². The minimum absolute atomic E-state index is 0.767. The van der Waals surface area contributed by atoms with Crippen molar-refractivity contribution in [3.63, 3.8) is 0 Å². The van der Waals surface area contributed by atoms with Gasteiger partial charge in [0.05, 0.1) is 10.5 Å². The Morgan fingerprint density at radius 1 is 1.42 bits per heavy atom. The van der Waals surface area contributed by atoms with Crippen molar-refractivity contribution >= 4 is 22.5 Å². The lowest BCUT2D eigenvalue weighted by atomic mass is 10.2. The highest BCUT2D eigenvalue weighted by molar-refractivity contribution is 6.35. The number of aryl methyl sites for hydroxylation is 2. The zero-order valence-electron chi connectivity index (χ0n) is 7.00. The molecule has 0 amide bonds. The Hall–Kier alpha value is -1.02. The molecular formula is C9H9ClN2. The van der Waals surface area contributed by atoms with Crippen LogP contribution in [0.1, 0.15) is 5.56 Å². The van der Waals surface area contributed by atoms with Crippen LogP contribution in [0.3, 0.4) is 0 Å². The summed E-state index contributed by atoms with van der Waals surface area (Å²) < 4.78 is 2.02. The van der Waals surface area contributed by atoms with E-state index >= 15 is 0 Å². The lowest BCUT2D eigenvalue weighted by Crippen LogP contribution is -1.87. The molecule has 2 nitrogen and oxygen atoms in total. The molecule has 0 aliphatic heterocycles. The molecule has 0 N–H and O–H groups in total. The molecule has 0 aliphatic carbocycles. The van der Waals surface area contributed by atoms with Gasteiger partial charge >= 0.3 is 0 Å². The van der Waals surface area contributed by atoms with Gasteiger partial charge in [0, 0.05) is 31.0 Å². The number of fused-ring (bicyclic) bond motifs is 1. The fraction of sp³-hybridized carbons (Fsp3) is 0.222. The average molecular weight is 181 g/mol. The Labute approximate surface area is 75.8 Å². The van der Waals surface area contributed by atoms with Gasteiger partial charge in [0.15, 0.2) is 0 Å². The Balaban J connectivity index is 2.99. The maximum Gasteiger partial charge on any atom is 0.0676 e. The molecular weight excluding hydrogens is 172 g/mol. The van der Waals surface area contributed by atoms with Gasteiger partial charge in [-0.05, 0) is 12.5 Å². The number of rotatable bonds is 0. The van der Waals surface area contributed by atoms with Gasteiger partial charge in [-0.2, -0.15) is 0 Å². The maximum atomic E-state index is 5.99. The van der Waals surface area contributed by atoms with Crippen LogP contribution in [0.25, 0.3) is 10.9 Å². The quantitative estimate of drug-likeness (QED) is 0.609. The fourth-order valence-electron chi connectivity index (χ4n) is 1.51. The fourth-order valence-corrected chi connectivity index (χ4v) is 1.79. The van der Waals surface area contributed by atoms with Crippen molar-refractivity contribution in [1.29, 1.82) is 0 Å². The van der Waals surface area contributed by atoms with E-state index in [1.807, 2.05) is 30.9 Å². The first kappa shape index (κ1) is 7.62. The molecule has 62 valence electrons. The molecule has 0 saturated heterocycles. The Morgan fingerprint density at radius 3 is 2.83 bits per heavy atom. The van der Waals surface area contributed by atoms with E-state index in [-0.39, 0.29) is 0 Å². The van der Waals surface area contributed by atoms with Crippen LogP contribution >= 0.6 is 11.6 Å². The summed E-state index contributed by atoms with van der Waals surface area (Å²) in [5, 5.41) is 1.79. The highest BCUT2D eigenvalue weighted by atomic mass is 35.5. The smallest absolute Gasteiger partial charge is 0.0676 e. The first-order valence-corrected chi connectivity index (χ1v) is 4.13. The highest BCUT2D eigenvalue weighted by Gasteiger charge is 2.05. The summed E-state index contributed by atoms with van der Waals surface area (Å²) in [5.41, 5.74) is 2.32. The minimum atomic E-state index is 0.767. The highest BCUT2D eigenvalue weighted by Crippen LogP contribution is 2.25. The number of hydrogen-bond acceptors (Lipinski definition) is 1. The summed E-state index contributed by atoms with van der Waals surface area (Å²) in [7, 11) is 1.99. The van der Waals surface area contributed by atoms with Gasteiger partial charge < -0.3 is 4.57 Å². The monoisotopic (exact) mass is 180 g/mol. The van der Waals surface area contributed by atoms with Gasteiger partial charge in [-0.15, -0.1) is 0 Å². The molecule has 0 aromatic carbocycles. The first-order chi connectivity index (χ1) is 5.70. The Kier molecular flexibility index (Phi) is 1.58. The van der Waals surface area contributed by atoms with Crippen molar-refractivity contribution in [2.45, 2.75) is 6.92 Å². The summed E-state index contributed by atoms with van der Waals surface area (Å²) in [6.45, 7) is 2.03. The van der Waals surface area contributed by atoms with Crippen LogP contribution in [0, 0.1) is 6.92 Å². The molecule has 0 unspecified atom stereocenters. The second kappa shape index (κ2) is 2.49. The van der Waals surface area contributed by atoms with E-state index < -0.39 is 0 Å². The van der Waals surface area contributed by atoms with Crippen molar-refractivity contribution < 1.29 is 0 Å². The van der Waals surface area contributed by atoms with Crippen LogP contribution in [0.15, 0.2) is 18.6 Å². The normalized spacial score (nSPS) is 10.9. The topological polar surface area (TPSA) is 17.8 Å². The molecule has 2 aromatic rings.